The van der Waals surface area contributed by atoms with Crippen LogP contribution in [-0.4, -0.2) is 5.91 Å². The molecule has 17 heavy (non-hydrogen) atoms. The smallest absolute Gasteiger partial charge is 0.217 e. The molecule has 1 aliphatic carbocycles. The van der Waals surface area contributed by atoms with Gasteiger partial charge in [0.2, 0.25) is 5.91 Å². The summed E-state index contributed by atoms with van der Waals surface area (Å²) < 4.78 is 0. The van der Waals surface area contributed by atoms with Crippen LogP contribution in [0, 0.1) is 0 Å². The molecule has 0 aromatic heterocycles. The maximum Gasteiger partial charge on any atom is 0.217 e. The van der Waals surface area contributed by atoms with Gasteiger partial charge in [-0.25, -0.2) is 0 Å². The third-order valence-electron chi connectivity index (χ3n) is 2.94. The van der Waals surface area contributed by atoms with Gasteiger partial charge in [-0.3, -0.25) is 4.79 Å². The van der Waals surface area contributed by atoms with Crippen molar-refractivity contribution in [1.29, 1.82) is 0 Å². The van der Waals surface area contributed by atoms with E-state index in [1.807, 2.05) is 0 Å². The first-order valence-corrected chi connectivity index (χ1v) is 6.00. The number of rotatable bonds is 4. The number of amides is 1. The molecule has 0 atom stereocenters. The van der Waals surface area contributed by atoms with Crippen LogP contribution in [0.4, 0.5) is 0 Å². The molecule has 0 saturated carbocycles. The molecular weight excluding hydrogens is 210 g/mol. The zero-order chi connectivity index (χ0) is 12.1. The van der Waals surface area contributed by atoms with Gasteiger partial charge in [-0.1, -0.05) is 42.5 Å². The summed E-state index contributed by atoms with van der Waals surface area (Å²) in [5, 5.41) is 0. The quantitative estimate of drug-likeness (QED) is 0.844. The molecular formula is C15H17NO. The first-order valence-electron chi connectivity index (χ1n) is 6.00. The van der Waals surface area contributed by atoms with E-state index in [4.69, 9.17) is 5.73 Å². The number of hydrogen-bond acceptors (Lipinski definition) is 1. The fourth-order valence-electron chi connectivity index (χ4n) is 1.96. The lowest BCUT2D eigenvalue weighted by Crippen LogP contribution is -2.11. The number of nitrogens with two attached hydrogens (primary N) is 1. The van der Waals surface area contributed by atoms with Crippen LogP contribution in [-0.2, 0) is 11.2 Å². The Kier molecular flexibility index (Phi) is 3.76. The lowest BCUT2D eigenvalue weighted by Gasteiger charge is -2.08. The van der Waals surface area contributed by atoms with Crippen molar-refractivity contribution in [3.63, 3.8) is 0 Å². The van der Waals surface area contributed by atoms with Crippen molar-refractivity contribution in [2.75, 3.05) is 0 Å². The lowest BCUT2D eigenvalue weighted by atomic mass is 9.98. The molecule has 0 bridgehead atoms. The fourth-order valence-corrected chi connectivity index (χ4v) is 1.96. The van der Waals surface area contributed by atoms with Crippen LogP contribution in [0.2, 0.25) is 0 Å². The predicted molar refractivity (Wildman–Crippen MR) is 70.3 cm³/mol. The molecule has 0 saturated heterocycles. The molecule has 2 N–H and O–H groups in total. The number of carbonyl (C=O) groups excluding carboxylic acids is 1. The van der Waals surface area contributed by atoms with Crippen molar-refractivity contribution in [1.82, 2.24) is 0 Å². The van der Waals surface area contributed by atoms with Gasteiger partial charge in [0.25, 0.3) is 0 Å². The number of aryl methyl sites for hydroxylation is 1. The summed E-state index contributed by atoms with van der Waals surface area (Å²) in [6.45, 7) is 0. The minimum atomic E-state index is -0.244. The SMILES string of the molecule is NC(=O)CCc1ccc(C2=CCCC=C2)cc1. The largest absolute Gasteiger partial charge is 0.370 e. The summed E-state index contributed by atoms with van der Waals surface area (Å²) in [5.74, 6) is -0.244. The van der Waals surface area contributed by atoms with Gasteiger partial charge >= 0.3 is 0 Å². The standard InChI is InChI=1S/C15H17NO/c16-15(17)11-8-12-6-9-14(10-7-12)13-4-2-1-3-5-13/h2,4-7,9-10H,1,3,8,11H2,(H2,16,17). The number of primary amides is 1. The zero-order valence-corrected chi connectivity index (χ0v) is 9.86. The summed E-state index contributed by atoms with van der Waals surface area (Å²) in [5.41, 5.74) is 8.82. The molecule has 0 radical (unpaired) electrons. The highest BCUT2D eigenvalue weighted by atomic mass is 16.1. The van der Waals surface area contributed by atoms with Crippen LogP contribution in [0.5, 0.6) is 0 Å². The fraction of sp³-hybridized carbons (Fsp3) is 0.267. The highest BCUT2D eigenvalue weighted by Crippen LogP contribution is 2.21. The second kappa shape index (κ2) is 5.48. The Morgan fingerprint density at radius 1 is 1.18 bits per heavy atom. The second-order valence-corrected chi connectivity index (χ2v) is 4.30. The van der Waals surface area contributed by atoms with E-state index in [0.717, 1.165) is 24.8 Å². The molecule has 0 unspecified atom stereocenters. The molecule has 1 aromatic rings. The van der Waals surface area contributed by atoms with E-state index in [0.29, 0.717) is 6.42 Å². The molecule has 1 aromatic carbocycles. The van der Waals surface area contributed by atoms with Crippen LogP contribution < -0.4 is 5.73 Å². The van der Waals surface area contributed by atoms with E-state index in [1.165, 1.54) is 11.1 Å². The van der Waals surface area contributed by atoms with Gasteiger partial charge < -0.3 is 5.73 Å². The Bertz CT molecular complexity index is 454. The van der Waals surface area contributed by atoms with Gasteiger partial charge in [-0.15, -0.1) is 0 Å². The van der Waals surface area contributed by atoms with E-state index in [-0.39, 0.29) is 5.91 Å². The molecule has 0 heterocycles. The first-order chi connectivity index (χ1) is 8.25. The highest BCUT2D eigenvalue weighted by molar-refractivity contribution is 5.75. The van der Waals surface area contributed by atoms with Crippen LogP contribution in [0.15, 0.2) is 42.5 Å². The molecule has 0 spiro atoms. The van der Waals surface area contributed by atoms with Gasteiger partial charge in [-0.2, -0.15) is 0 Å². The number of hydrogen-bond donors (Lipinski definition) is 1. The third kappa shape index (κ3) is 3.31. The number of benzene rings is 1. The van der Waals surface area contributed by atoms with Crippen LogP contribution in [0.1, 0.15) is 30.4 Å². The second-order valence-electron chi connectivity index (χ2n) is 4.30. The van der Waals surface area contributed by atoms with E-state index >= 15 is 0 Å². The monoisotopic (exact) mass is 227 g/mol. The Labute approximate surface area is 102 Å². The van der Waals surface area contributed by atoms with Gasteiger partial charge in [0.05, 0.1) is 0 Å². The zero-order valence-electron chi connectivity index (χ0n) is 9.86. The Hall–Kier alpha value is -1.83. The summed E-state index contributed by atoms with van der Waals surface area (Å²) >= 11 is 0. The van der Waals surface area contributed by atoms with Crippen molar-refractivity contribution in [3.8, 4) is 0 Å². The van der Waals surface area contributed by atoms with Crippen molar-refractivity contribution in [3.05, 3.63) is 53.6 Å². The molecule has 0 aliphatic heterocycles. The highest BCUT2D eigenvalue weighted by Gasteiger charge is 2.02. The molecule has 2 rings (SSSR count). The lowest BCUT2D eigenvalue weighted by molar-refractivity contribution is -0.117. The van der Waals surface area contributed by atoms with Gasteiger partial charge in [-0.05, 0) is 36.0 Å². The number of carbonyl (C=O) groups is 1. The molecule has 1 aliphatic rings. The van der Waals surface area contributed by atoms with Crippen molar-refractivity contribution >= 4 is 11.5 Å². The molecule has 1 amide bonds. The molecule has 2 nitrogen and oxygen atoms in total. The maximum absolute atomic E-state index is 10.7. The topological polar surface area (TPSA) is 43.1 Å². The Morgan fingerprint density at radius 3 is 2.53 bits per heavy atom. The summed E-state index contributed by atoms with van der Waals surface area (Å²) in [7, 11) is 0. The van der Waals surface area contributed by atoms with Gasteiger partial charge in [0, 0.05) is 6.42 Å². The summed E-state index contributed by atoms with van der Waals surface area (Å²) in [6, 6.07) is 8.36. The van der Waals surface area contributed by atoms with Crippen molar-refractivity contribution in [2.24, 2.45) is 5.73 Å². The van der Waals surface area contributed by atoms with E-state index in [2.05, 4.69) is 42.5 Å². The summed E-state index contributed by atoms with van der Waals surface area (Å²) in [6.07, 6.45) is 10.0. The van der Waals surface area contributed by atoms with Crippen molar-refractivity contribution in [2.45, 2.75) is 25.7 Å². The number of allylic oxidation sites excluding steroid dienone is 4. The molecule has 2 heteroatoms. The van der Waals surface area contributed by atoms with E-state index in [1.54, 1.807) is 0 Å². The van der Waals surface area contributed by atoms with Crippen LogP contribution in [0.25, 0.3) is 5.57 Å². The predicted octanol–water partition coefficient (Wildman–Crippen LogP) is 2.84. The van der Waals surface area contributed by atoms with Gasteiger partial charge in [0.15, 0.2) is 0 Å². The van der Waals surface area contributed by atoms with Crippen molar-refractivity contribution < 1.29 is 4.79 Å². The Morgan fingerprint density at radius 2 is 1.94 bits per heavy atom. The minimum absolute atomic E-state index is 0.244. The normalized spacial score (nSPS) is 14.5. The molecule has 0 fully saturated rings. The minimum Gasteiger partial charge on any atom is -0.370 e. The molecule has 88 valence electrons. The van der Waals surface area contributed by atoms with Crippen LogP contribution >= 0.6 is 0 Å². The van der Waals surface area contributed by atoms with Crippen LogP contribution in [0.3, 0.4) is 0 Å². The third-order valence-corrected chi connectivity index (χ3v) is 2.94. The average molecular weight is 227 g/mol. The van der Waals surface area contributed by atoms with E-state index < -0.39 is 0 Å². The maximum atomic E-state index is 10.7. The van der Waals surface area contributed by atoms with E-state index in [9.17, 15) is 4.79 Å². The Balaban J connectivity index is 2.05. The first kappa shape index (κ1) is 11.6. The average Bonchev–Trinajstić information content (AvgIpc) is 2.38. The summed E-state index contributed by atoms with van der Waals surface area (Å²) in [4.78, 5) is 10.7. The van der Waals surface area contributed by atoms with Gasteiger partial charge in [0.1, 0.15) is 0 Å².